The van der Waals surface area contributed by atoms with Gasteiger partial charge in [-0.05, 0) is 48.5 Å². The summed E-state index contributed by atoms with van der Waals surface area (Å²) in [5.74, 6) is 0.329. The molecule has 0 aliphatic heterocycles. The van der Waals surface area contributed by atoms with E-state index in [9.17, 15) is 9.90 Å². The first-order valence-corrected chi connectivity index (χ1v) is 10.2. The lowest BCUT2D eigenvalue weighted by atomic mass is 10.1. The lowest BCUT2D eigenvalue weighted by Crippen LogP contribution is -2.01. The van der Waals surface area contributed by atoms with E-state index in [1.165, 1.54) is 10.6 Å². The summed E-state index contributed by atoms with van der Waals surface area (Å²) in [4.78, 5) is 16.1. The van der Waals surface area contributed by atoms with E-state index in [1.807, 2.05) is 78.9 Å². The standard InChI is InChI=1S/C25H16ClN3O3/c26-20-9-5-4-8-19(20)23-14-21(27-24-15-22(25(30)31)28-29(23)24)16-10-12-18(13-11-16)32-17-6-2-1-3-7-17/h1-15H,(H,30,31). The van der Waals surface area contributed by atoms with Gasteiger partial charge >= 0.3 is 5.97 Å². The molecule has 0 amide bonds. The number of para-hydroxylation sites is 1. The highest BCUT2D eigenvalue weighted by Gasteiger charge is 2.17. The Hall–Kier alpha value is -4.16. The largest absolute Gasteiger partial charge is 0.476 e. The van der Waals surface area contributed by atoms with Crippen LogP contribution in [-0.2, 0) is 0 Å². The zero-order valence-corrected chi connectivity index (χ0v) is 17.4. The van der Waals surface area contributed by atoms with E-state index in [4.69, 9.17) is 16.3 Å². The Kier molecular flexibility index (Phi) is 5.05. The number of nitrogens with zero attached hydrogens (tertiary/aromatic N) is 3. The molecule has 0 bridgehead atoms. The van der Waals surface area contributed by atoms with Gasteiger partial charge in [-0.15, -0.1) is 0 Å². The summed E-state index contributed by atoms with van der Waals surface area (Å²) in [5.41, 5.74) is 3.21. The maximum Gasteiger partial charge on any atom is 0.356 e. The summed E-state index contributed by atoms with van der Waals surface area (Å²) in [6.07, 6.45) is 0. The number of aromatic nitrogens is 3. The quantitative estimate of drug-likeness (QED) is 0.351. The zero-order chi connectivity index (χ0) is 22.1. The van der Waals surface area contributed by atoms with Gasteiger partial charge in [-0.3, -0.25) is 0 Å². The molecule has 2 aromatic heterocycles. The number of hydrogen-bond acceptors (Lipinski definition) is 4. The van der Waals surface area contributed by atoms with Crippen LogP contribution in [0.2, 0.25) is 5.02 Å². The number of carboxylic acids is 1. The smallest absolute Gasteiger partial charge is 0.356 e. The van der Waals surface area contributed by atoms with Gasteiger partial charge in [0, 0.05) is 22.2 Å². The first kappa shape index (κ1) is 19.8. The lowest BCUT2D eigenvalue weighted by Gasteiger charge is -2.11. The average molecular weight is 442 g/mol. The molecule has 0 saturated carbocycles. The predicted octanol–water partition coefficient (Wildman–Crippen LogP) is 6.21. The minimum absolute atomic E-state index is 0.0884. The molecule has 1 N–H and O–H groups in total. The van der Waals surface area contributed by atoms with Crippen molar-refractivity contribution in [2.24, 2.45) is 0 Å². The van der Waals surface area contributed by atoms with Crippen molar-refractivity contribution in [1.82, 2.24) is 14.6 Å². The minimum atomic E-state index is -1.12. The highest BCUT2D eigenvalue weighted by Crippen LogP contribution is 2.32. The molecule has 0 atom stereocenters. The molecule has 2 heterocycles. The molecule has 5 rings (SSSR count). The van der Waals surface area contributed by atoms with Crippen LogP contribution in [0.4, 0.5) is 0 Å². The van der Waals surface area contributed by atoms with Crippen molar-refractivity contribution in [3.8, 4) is 34.0 Å². The third kappa shape index (κ3) is 3.79. The number of ether oxygens (including phenoxy) is 1. The number of rotatable bonds is 5. The van der Waals surface area contributed by atoms with Gasteiger partial charge < -0.3 is 9.84 Å². The van der Waals surface area contributed by atoms with Crippen LogP contribution >= 0.6 is 11.6 Å². The van der Waals surface area contributed by atoms with Crippen molar-refractivity contribution in [3.63, 3.8) is 0 Å². The fraction of sp³-hybridized carbons (Fsp3) is 0. The monoisotopic (exact) mass is 441 g/mol. The summed E-state index contributed by atoms with van der Waals surface area (Å²) in [7, 11) is 0. The number of aromatic carboxylic acids is 1. The Balaban J connectivity index is 1.60. The fourth-order valence-corrected chi connectivity index (χ4v) is 3.64. The minimum Gasteiger partial charge on any atom is -0.476 e. The van der Waals surface area contributed by atoms with Gasteiger partial charge in [-0.25, -0.2) is 14.3 Å². The number of carboxylic acid groups (broad SMARTS) is 1. The third-order valence-electron chi connectivity index (χ3n) is 4.93. The van der Waals surface area contributed by atoms with Crippen molar-refractivity contribution in [2.75, 3.05) is 0 Å². The first-order valence-electron chi connectivity index (χ1n) is 9.81. The van der Waals surface area contributed by atoms with Crippen LogP contribution in [0.15, 0.2) is 91.0 Å². The van der Waals surface area contributed by atoms with Gasteiger partial charge in [-0.2, -0.15) is 5.10 Å². The first-order chi connectivity index (χ1) is 15.6. The van der Waals surface area contributed by atoms with E-state index in [0.717, 1.165) is 16.9 Å². The Morgan fingerprint density at radius 3 is 2.28 bits per heavy atom. The molecule has 0 radical (unpaired) electrons. The second-order valence-electron chi connectivity index (χ2n) is 7.05. The van der Waals surface area contributed by atoms with Gasteiger partial charge in [0.15, 0.2) is 11.3 Å². The number of carbonyl (C=O) groups is 1. The molecule has 0 fully saturated rings. The number of fused-ring (bicyclic) bond motifs is 1. The third-order valence-corrected chi connectivity index (χ3v) is 5.25. The highest BCUT2D eigenvalue weighted by molar-refractivity contribution is 6.33. The van der Waals surface area contributed by atoms with Crippen LogP contribution in [-0.4, -0.2) is 25.7 Å². The summed E-state index contributed by atoms with van der Waals surface area (Å²) < 4.78 is 7.36. The molecule has 0 unspecified atom stereocenters. The topological polar surface area (TPSA) is 76.7 Å². The van der Waals surface area contributed by atoms with Crippen molar-refractivity contribution in [3.05, 3.63) is 102 Å². The van der Waals surface area contributed by atoms with Gasteiger partial charge in [0.1, 0.15) is 11.5 Å². The van der Waals surface area contributed by atoms with Crippen molar-refractivity contribution < 1.29 is 14.6 Å². The van der Waals surface area contributed by atoms with Gasteiger partial charge in [0.2, 0.25) is 0 Å². The maximum absolute atomic E-state index is 11.5. The van der Waals surface area contributed by atoms with Crippen LogP contribution in [0.5, 0.6) is 11.5 Å². The molecule has 0 aliphatic carbocycles. The summed E-state index contributed by atoms with van der Waals surface area (Å²) in [5, 5.41) is 14.1. The van der Waals surface area contributed by atoms with Crippen LogP contribution < -0.4 is 4.74 Å². The predicted molar refractivity (Wildman–Crippen MR) is 122 cm³/mol. The normalized spacial score (nSPS) is 10.9. The molecule has 0 saturated heterocycles. The van der Waals surface area contributed by atoms with E-state index >= 15 is 0 Å². The highest BCUT2D eigenvalue weighted by atomic mass is 35.5. The number of hydrogen-bond donors (Lipinski definition) is 1. The second-order valence-corrected chi connectivity index (χ2v) is 7.46. The molecule has 5 aromatic rings. The van der Waals surface area contributed by atoms with Crippen LogP contribution in [0.3, 0.4) is 0 Å². The van der Waals surface area contributed by atoms with Crippen molar-refractivity contribution in [2.45, 2.75) is 0 Å². The fourth-order valence-electron chi connectivity index (χ4n) is 3.41. The van der Waals surface area contributed by atoms with Crippen LogP contribution in [0.25, 0.3) is 28.2 Å². The summed E-state index contributed by atoms with van der Waals surface area (Å²) in [6, 6.07) is 27.7. The van der Waals surface area contributed by atoms with Crippen molar-refractivity contribution >= 4 is 23.2 Å². The van der Waals surface area contributed by atoms with Gasteiger partial charge in [0.25, 0.3) is 0 Å². The summed E-state index contributed by atoms with van der Waals surface area (Å²) >= 11 is 6.43. The van der Waals surface area contributed by atoms with Crippen molar-refractivity contribution in [1.29, 1.82) is 0 Å². The Morgan fingerprint density at radius 1 is 0.875 bits per heavy atom. The van der Waals surface area contributed by atoms with Crippen LogP contribution in [0, 0.1) is 0 Å². The van der Waals surface area contributed by atoms with Gasteiger partial charge in [0.05, 0.1) is 11.4 Å². The maximum atomic E-state index is 11.5. The van der Waals surface area contributed by atoms with E-state index in [2.05, 4.69) is 10.1 Å². The van der Waals surface area contributed by atoms with Crippen LogP contribution in [0.1, 0.15) is 10.5 Å². The molecule has 0 aliphatic rings. The summed E-state index contributed by atoms with van der Waals surface area (Å²) in [6.45, 7) is 0. The van der Waals surface area contributed by atoms with E-state index in [1.54, 1.807) is 6.07 Å². The SMILES string of the molecule is O=C(O)c1cc2nc(-c3ccc(Oc4ccccc4)cc3)cc(-c3ccccc3Cl)n2n1. The Labute approximate surface area is 188 Å². The molecule has 7 heteroatoms. The average Bonchev–Trinajstić information content (AvgIpc) is 3.25. The number of benzene rings is 3. The number of halogens is 1. The van der Waals surface area contributed by atoms with Gasteiger partial charge in [-0.1, -0.05) is 48.0 Å². The molecule has 32 heavy (non-hydrogen) atoms. The Bertz CT molecular complexity index is 1430. The molecular formula is C25H16ClN3O3. The molecular weight excluding hydrogens is 426 g/mol. The lowest BCUT2D eigenvalue weighted by molar-refractivity contribution is 0.0690. The molecule has 6 nitrogen and oxygen atoms in total. The van der Waals surface area contributed by atoms with E-state index in [-0.39, 0.29) is 5.69 Å². The zero-order valence-electron chi connectivity index (χ0n) is 16.6. The van der Waals surface area contributed by atoms with E-state index < -0.39 is 5.97 Å². The molecule has 3 aromatic carbocycles. The Morgan fingerprint density at radius 2 is 1.56 bits per heavy atom. The molecule has 0 spiro atoms. The van der Waals surface area contributed by atoms with E-state index in [0.29, 0.717) is 27.8 Å². The second kappa shape index (κ2) is 8.17. The molecule has 156 valence electrons.